The summed E-state index contributed by atoms with van der Waals surface area (Å²) in [6.07, 6.45) is 4.09. The average Bonchev–Trinajstić information content (AvgIpc) is 2.12. The molecule has 8 heavy (non-hydrogen) atoms. The van der Waals surface area contributed by atoms with Gasteiger partial charge in [-0.05, 0) is 25.2 Å². The Balaban J connectivity index is 2.03. The van der Waals surface area contributed by atoms with Crippen molar-refractivity contribution in [3.05, 3.63) is 6.54 Å². The molecule has 2 aliphatic rings. The summed E-state index contributed by atoms with van der Waals surface area (Å²) < 4.78 is 0. The maximum atomic E-state index is 3.20. The van der Waals surface area contributed by atoms with Gasteiger partial charge in [-0.3, -0.25) is 10.9 Å². The first kappa shape index (κ1) is 4.77. The molecule has 1 heterocycles. The van der Waals surface area contributed by atoms with Gasteiger partial charge in [-0.25, -0.2) is 0 Å². The van der Waals surface area contributed by atoms with Gasteiger partial charge in [-0.15, -0.1) is 0 Å². The van der Waals surface area contributed by atoms with Gasteiger partial charge in [0.25, 0.3) is 0 Å². The van der Waals surface area contributed by atoms with Crippen LogP contribution >= 0.6 is 0 Å². The van der Waals surface area contributed by atoms with Gasteiger partial charge in [0, 0.05) is 12.6 Å². The summed E-state index contributed by atoms with van der Waals surface area (Å²) in [5, 5.41) is 0. The van der Waals surface area contributed by atoms with Gasteiger partial charge >= 0.3 is 0 Å². The quantitative estimate of drug-likeness (QED) is 0.473. The van der Waals surface area contributed by atoms with Gasteiger partial charge in [0.15, 0.2) is 0 Å². The molecule has 1 radical (unpaired) electrons. The van der Waals surface area contributed by atoms with E-state index in [2.05, 4.69) is 17.4 Å². The maximum Gasteiger partial charge on any atom is 0.0411 e. The van der Waals surface area contributed by atoms with Crippen LogP contribution in [0.15, 0.2) is 0 Å². The van der Waals surface area contributed by atoms with Crippen LogP contribution in [0.25, 0.3) is 0 Å². The van der Waals surface area contributed by atoms with Gasteiger partial charge < -0.3 is 0 Å². The second-order valence-electron chi connectivity index (χ2n) is 2.73. The molecule has 0 spiro atoms. The van der Waals surface area contributed by atoms with Crippen LogP contribution < -0.4 is 10.9 Å². The highest BCUT2D eigenvalue weighted by Crippen LogP contribution is 2.28. The van der Waals surface area contributed by atoms with Crippen molar-refractivity contribution in [1.29, 1.82) is 0 Å². The zero-order chi connectivity index (χ0) is 5.40. The molecule has 0 aromatic heterocycles. The molecule has 1 aliphatic carbocycles. The monoisotopic (exact) mass is 111 g/mol. The highest BCUT2D eigenvalue weighted by Gasteiger charge is 2.27. The predicted octanol–water partition coefficient (Wildman–Crippen LogP) is 0.425. The molecule has 2 N–H and O–H groups in total. The Bertz CT molecular complexity index is 78.5. The number of hydrogen-bond acceptors (Lipinski definition) is 2. The SMILES string of the molecule is [CH]1NNC2CCC1C2. The third-order valence-electron chi connectivity index (χ3n) is 2.08. The fourth-order valence-electron chi connectivity index (χ4n) is 1.58. The van der Waals surface area contributed by atoms with E-state index < -0.39 is 0 Å². The molecule has 2 rings (SSSR count). The van der Waals surface area contributed by atoms with Crippen LogP contribution in [0.2, 0.25) is 0 Å². The Morgan fingerprint density at radius 3 is 3.12 bits per heavy atom. The fraction of sp³-hybridized carbons (Fsp3) is 0.833. The molecule has 2 bridgehead atoms. The van der Waals surface area contributed by atoms with Crippen LogP contribution in [-0.4, -0.2) is 6.04 Å². The molecule has 0 amide bonds. The van der Waals surface area contributed by atoms with Crippen molar-refractivity contribution in [2.24, 2.45) is 5.92 Å². The van der Waals surface area contributed by atoms with Crippen molar-refractivity contribution >= 4 is 0 Å². The molecule has 1 aliphatic heterocycles. The first-order valence-corrected chi connectivity index (χ1v) is 3.29. The van der Waals surface area contributed by atoms with Crippen molar-refractivity contribution in [2.45, 2.75) is 25.3 Å². The molecule has 45 valence electrons. The maximum absolute atomic E-state index is 3.20. The average molecular weight is 111 g/mol. The number of fused-ring (bicyclic) bond motifs is 2. The first-order valence-electron chi connectivity index (χ1n) is 3.29. The summed E-state index contributed by atoms with van der Waals surface area (Å²) in [6, 6.07) is 0.769. The molecule has 1 saturated heterocycles. The van der Waals surface area contributed by atoms with Crippen LogP contribution in [-0.2, 0) is 0 Å². The van der Waals surface area contributed by atoms with Gasteiger partial charge in [0.1, 0.15) is 0 Å². The predicted molar refractivity (Wildman–Crippen MR) is 31.7 cm³/mol. The lowest BCUT2D eigenvalue weighted by Crippen LogP contribution is -2.42. The van der Waals surface area contributed by atoms with Crippen LogP contribution in [0.5, 0.6) is 0 Å². The standard InChI is InChI=1S/C6H11N2/c1-2-6-3-5(1)4-7-8-6/h4-8H,1-3H2. The Hall–Kier alpha value is -0.0800. The van der Waals surface area contributed by atoms with Crippen molar-refractivity contribution in [3.8, 4) is 0 Å². The topological polar surface area (TPSA) is 24.1 Å². The zero-order valence-electron chi connectivity index (χ0n) is 4.85. The molecule has 2 nitrogen and oxygen atoms in total. The molecule has 2 fully saturated rings. The Morgan fingerprint density at radius 2 is 2.38 bits per heavy atom. The summed E-state index contributed by atoms with van der Waals surface area (Å²) in [5.74, 6) is 0.862. The first-order chi connectivity index (χ1) is 3.95. The minimum absolute atomic E-state index is 0.769. The van der Waals surface area contributed by atoms with Crippen molar-refractivity contribution in [3.63, 3.8) is 0 Å². The van der Waals surface area contributed by atoms with E-state index in [0.29, 0.717) is 0 Å². The zero-order valence-corrected chi connectivity index (χ0v) is 4.85. The Morgan fingerprint density at radius 1 is 1.38 bits per heavy atom. The molecule has 2 heteroatoms. The third-order valence-corrected chi connectivity index (χ3v) is 2.08. The van der Waals surface area contributed by atoms with E-state index in [1.54, 1.807) is 0 Å². The van der Waals surface area contributed by atoms with E-state index in [4.69, 9.17) is 0 Å². The smallest absolute Gasteiger partial charge is 0.0411 e. The van der Waals surface area contributed by atoms with Gasteiger partial charge in [0.05, 0.1) is 0 Å². The minimum Gasteiger partial charge on any atom is -0.254 e. The number of rotatable bonds is 0. The highest BCUT2D eigenvalue weighted by atomic mass is 15.4. The summed E-state index contributed by atoms with van der Waals surface area (Å²) >= 11 is 0. The summed E-state index contributed by atoms with van der Waals surface area (Å²) in [4.78, 5) is 0. The Labute approximate surface area is 49.6 Å². The normalized spacial score (nSPS) is 45.0. The van der Waals surface area contributed by atoms with E-state index >= 15 is 0 Å². The largest absolute Gasteiger partial charge is 0.254 e. The van der Waals surface area contributed by atoms with Crippen LogP contribution in [0.3, 0.4) is 0 Å². The van der Waals surface area contributed by atoms with Crippen molar-refractivity contribution in [2.75, 3.05) is 0 Å². The molecule has 0 aromatic carbocycles. The van der Waals surface area contributed by atoms with Gasteiger partial charge in [-0.1, -0.05) is 0 Å². The minimum atomic E-state index is 0.769. The number of nitrogens with one attached hydrogen (secondary N) is 2. The van der Waals surface area contributed by atoms with Crippen LogP contribution in [0, 0.1) is 12.5 Å². The van der Waals surface area contributed by atoms with Crippen molar-refractivity contribution in [1.82, 2.24) is 10.9 Å². The lowest BCUT2D eigenvalue weighted by atomic mass is 10.1. The second-order valence-corrected chi connectivity index (χ2v) is 2.73. The lowest BCUT2D eigenvalue weighted by Gasteiger charge is -2.19. The van der Waals surface area contributed by atoms with E-state index in [1.165, 1.54) is 19.3 Å². The van der Waals surface area contributed by atoms with E-state index in [0.717, 1.165) is 12.0 Å². The van der Waals surface area contributed by atoms with E-state index in [-0.39, 0.29) is 0 Å². The molecule has 1 saturated carbocycles. The summed E-state index contributed by atoms with van der Waals surface area (Å²) in [5.41, 5.74) is 6.28. The van der Waals surface area contributed by atoms with Crippen molar-refractivity contribution < 1.29 is 0 Å². The highest BCUT2D eigenvalue weighted by molar-refractivity contribution is 4.90. The summed E-state index contributed by atoms with van der Waals surface area (Å²) in [6.45, 7) is 2.17. The lowest BCUT2D eigenvalue weighted by molar-refractivity contribution is 0.387. The third kappa shape index (κ3) is 0.644. The van der Waals surface area contributed by atoms with E-state index in [1.807, 2.05) is 0 Å². The Kier molecular flexibility index (Phi) is 1.02. The number of hydrazine groups is 1. The molecule has 2 unspecified atom stereocenters. The summed E-state index contributed by atoms with van der Waals surface area (Å²) in [7, 11) is 0. The van der Waals surface area contributed by atoms with Crippen LogP contribution in [0.1, 0.15) is 19.3 Å². The molecule has 0 aromatic rings. The molecular weight excluding hydrogens is 100 g/mol. The fourth-order valence-corrected chi connectivity index (χ4v) is 1.58. The van der Waals surface area contributed by atoms with Gasteiger partial charge in [-0.2, -0.15) is 0 Å². The van der Waals surface area contributed by atoms with Gasteiger partial charge in [0.2, 0.25) is 0 Å². The van der Waals surface area contributed by atoms with E-state index in [9.17, 15) is 0 Å². The van der Waals surface area contributed by atoms with Crippen LogP contribution in [0.4, 0.5) is 0 Å². The number of hydrogen-bond donors (Lipinski definition) is 2. The molecule has 2 atom stereocenters. The molecular formula is C6H11N2. The second kappa shape index (κ2) is 1.71.